The summed E-state index contributed by atoms with van der Waals surface area (Å²) in [4.78, 5) is 11.8. The molecule has 112 valence electrons. The Hall–Kier alpha value is -1.46. The maximum Gasteiger partial charge on any atom is 0.237 e. The van der Waals surface area contributed by atoms with Crippen LogP contribution in [0.5, 0.6) is 11.5 Å². The largest absolute Gasteiger partial charge is 0.454 e. The van der Waals surface area contributed by atoms with E-state index in [-0.39, 0.29) is 25.1 Å². The van der Waals surface area contributed by atoms with Crippen LogP contribution in [0.3, 0.4) is 0 Å². The van der Waals surface area contributed by atoms with Crippen molar-refractivity contribution in [2.24, 2.45) is 11.7 Å². The summed E-state index contributed by atoms with van der Waals surface area (Å²) in [6, 6.07) is 5.17. The average Bonchev–Trinajstić information content (AvgIpc) is 2.82. The topological polar surface area (TPSA) is 73.6 Å². The maximum absolute atomic E-state index is 11.8. The summed E-state index contributed by atoms with van der Waals surface area (Å²) in [5.74, 6) is 1.75. The van der Waals surface area contributed by atoms with Gasteiger partial charge >= 0.3 is 0 Å². The molecule has 1 aliphatic heterocycles. The normalized spacial score (nSPS) is 13.8. The lowest BCUT2D eigenvalue weighted by atomic mass is 10.0. The second-order valence-corrected chi connectivity index (χ2v) is 5.14. The Morgan fingerprint density at radius 1 is 1.35 bits per heavy atom. The Labute approximate surface area is 125 Å². The Kier molecular flexibility index (Phi) is 6.10. The van der Waals surface area contributed by atoms with Gasteiger partial charge in [0.1, 0.15) is 0 Å². The van der Waals surface area contributed by atoms with E-state index in [1.54, 1.807) is 0 Å². The molecule has 0 bridgehead atoms. The fraction of sp³-hybridized carbons (Fsp3) is 0.500. The molecule has 0 aromatic heterocycles. The van der Waals surface area contributed by atoms with E-state index >= 15 is 0 Å². The fourth-order valence-corrected chi connectivity index (χ4v) is 1.99. The molecule has 1 aromatic rings. The van der Waals surface area contributed by atoms with Gasteiger partial charge in [-0.1, -0.05) is 19.9 Å². The summed E-state index contributed by atoms with van der Waals surface area (Å²) in [5, 5.41) is 2.83. The van der Waals surface area contributed by atoms with Gasteiger partial charge in [0.2, 0.25) is 12.7 Å². The van der Waals surface area contributed by atoms with E-state index in [1.165, 1.54) is 0 Å². The molecular weight excluding hydrogens is 280 g/mol. The summed E-state index contributed by atoms with van der Waals surface area (Å²) in [6.45, 7) is 4.79. The zero-order valence-electron chi connectivity index (χ0n) is 11.7. The minimum absolute atomic E-state index is 0. The zero-order valence-corrected chi connectivity index (χ0v) is 12.5. The van der Waals surface area contributed by atoms with Gasteiger partial charge in [-0.05, 0) is 30.0 Å². The van der Waals surface area contributed by atoms with Crippen LogP contribution < -0.4 is 20.5 Å². The highest BCUT2D eigenvalue weighted by Crippen LogP contribution is 2.32. The van der Waals surface area contributed by atoms with Crippen molar-refractivity contribution in [3.8, 4) is 11.5 Å². The van der Waals surface area contributed by atoms with Gasteiger partial charge in [0.05, 0.1) is 6.04 Å². The van der Waals surface area contributed by atoms with E-state index in [0.29, 0.717) is 18.9 Å². The number of amides is 1. The number of ether oxygens (including phenoxy) is 2. The standard InChI is InChI=1S/C14H20N2O3.ClH/c1-9(2)5-11(15)14(17)16-7-10-3-4-12-13(6-10)19-8-18-12;/h3-4,6,9,11H,5,7-8,15H2,1-2H3,(H,16,17);1H/t11-;/m0./s1. The summed E-state index contributed by atoms with van der Waals surface area (Å²) in [7, 11) is 0. The first-order valence-corrected chi connectivity index (χ1v) is 6.48. The van der Waals surface area contributed by atoms with Gasteiger partial charge in [-0.2, -0.15) is 0 Å². The van der Waals surface area contributed by atoms with Crippen molar-refractivity contribution in [2.45, 2.75) is 32.9 Å². The first-order chi connectivity index (χ1) is 9.06. The predicted molar refractivity (Wildman–Crippen MR) is 79.1 cm³/mol. The maximum atomic E-state index is 11.8. The highest BCUT2D eigenvalue weighted by molar-refractivity contribution is 5.85. The number of hydrogen-bond donors (Lipinski definition) is 2. The van der Waals surface area contributed by atoms with Crippen LogP contribution in [-0.4, -0.2) is 18.7 Å². The van der Waals surface area contributed by atoms with Crippen molar-refractivity contribution in [2.75, 3.05) is 6.79 Å². The monoisotopic (exact) mass is 300 g/mol. The van der Waals surface area contributed by atoms with Crippen molar-refractivity contribution in [1.82, 2.24) is 5.32 Å². The molecule has 6 heteroatoms. The third kappa shape index (κ3) is 4.28. The van der Waals surface area contributed by atoms with Crippen molar-refractivity contribution < 1.29 is 14.3 Å². The third-order valence-electron chi connectivity index (χ3n) is 2.97. The van der Waals surface area contributed by atoms with Gasteiger partial charge in [0.25, 0.3) is 0 Å². The van der Waals surface area contributed by atoms with E-state index in [0.717, 1.165) is 17.1 Å². The minimum atomic E-state index is -0.450. The van der Waals surface area contributed by atoms with Crippen molar-refractivity contribution in [1.29, 1.82) is 0 Å². The molecule has 3 N–H and O–H groups in total. The molecule has 2 rings (SSSR count). The van der Waals surface area contributed by atoms with Gasteiger partial charge in [0, 0.05) is 6.54 Å². The summed E-state index contributed by atoms with van der Waals surface area (Å²) in [6.07, 6.45) is 0.687. The molecule has 0 radical (unpaired) electrons. The van der Waals surface area contributed by atoms with E-state index in [2.05, 4.69) is 5.32 Å². The van der Waals surface area contributed by atoms with Gasteiger partial charge in [-0.15, -0.1) is 12.4 Å². The predicted octanol–water partition coefficient (Wildman–Crippen LogP) is 1.83. The number of nitrogens with one attached hydrogen (secondary N) is 1. The van der Waals surface area contributed by atoms with E-state index in [9.17, 15) is 4.79 Å². The second-order valence-electron chi connectivity index (χ2n) is 5.14. The van der Waals surface area contributed by atoms with E-state index < -0.39 is 6.04 Å². The third-order valence-corrected chi connectivity index (χ3v) is 2.97. The zero-order chi connectivity index (χ0) is 13.8. The Bertz CT molecular complexity index is 466. The van der Waals surface area contributed by atoms with Crippen LogP contribution in [0.4, 0.5) is 0 Å². The first-order valence-electron chi connectivity index (χ1n) is 6.48. The number of rotatable bonds is 5. The van der Waals surface area contributed by atoms with Crippen molar-refractivity contribution >= 4 is 18.3 Å². The van der Waals surface area contributed by atoms with E-state index in [1.807, 2.05) is 32.0 Å². The highest BCUT2D eigenvalue weighted by Gasteiger charge is 2.16. The molecule has 1 aliphatic rings. The molecule has 1 heterocycles. The van der Waals surface area contributed by atoms with Gasteiger partial charge in [0.15, 0.2) is 11.5 Å². The van der Waals surface area contributed by atoms with E-state index in [4.69, 9.17) is 15.2 Å². The van der Waals surface area contributed by atoms with Crippen LogP contribution in [0.25, 0.3) is 0 Å². The van der Waals surface area contributed by atoms with Crippen LogP contribution in [0, 0.1) is 5.92 Å². The number of fused-ring (bicyclic) bond motifs is 1. The molecule has 5 nitrogen and oxygen atoms in total. The summed E-state index contributed by atoms with van der Waals surface area (Å²) >= 11 is 0. The van der Waals surface area contributed by atoms with Crippen LogP contribution in [0.1, 0.15) is 25.8 Å². The summed E-state index contributed by atoms with van der Waals surface area (Å²) < 4.78 is 10.5. The SMILES string of the molecule is CC(C)C[C@H](N)C(=O)NCc1ccc2c(c1)OCO2.Cl. The smallest absolute Gasteiger partial charge is 0.237 e. The number of hydrogen-bond acceptors (Lipinski definition) is 4. The lowest BCUT2D eigenvalue weighted by molar-refractivity contribution is -0.122. The molecule has 1 atom stereocenters. The minimum Gasteiger partial charge on any atom is -0.454 e. The van der Waals surface area contributed by atoms with Crippen LogP contribution in [-0.2, 0) is 11.3 Å². The Morgan fingerprint density at radius 2 is 2.05 bits per heavy atom. The molecule has 0 unspecified atom stereocenters. The molecule has 0 saturated carbocycles. The Morgan fingerprint density at radius 3 is 2.75 bits per heavy atom. The molecule has 1 amide bonds. The molecule has 0 spiro atoms. The highest BCUT2D eigenvalue weighted by atomic mass is 35.5. The quantitative estimate of drug-likeness (QED) is 0.870. The number of nitrogens with two attached hydrogens (primary N) is 1. The molecule has 0 fully saturated rings. The number of carbonyl (C=O) groups excluding carboxylic acids is 1. The van der Waals surface area contributed by atoms with Crippen molar-refractivity contribution in [3.05, 3.63) is 23.8 Å². The lowest BCUT2D eigenvalue weighted by Gasteiger charge is -2.14. The summed E-state index contributed by atoms with van der Waals surface area (Å²) in [5.41, 5.74) is 6.78. The Balaban J connectivity index is 0.00000200. The fourth-order valence-electron chi connectivity index (χ4n) is 1.99. The van der Waals surface area contributed by atoms with Gasteiger partial charge < -0.3 is 20.5 Å². The van der Waals surface area contributed by atoms with Gasteiger partial charge in [-0.25, -0.2) is 0 Å². The lowest BCUT2D eigenvalue weighted by Crippen LogP contribution is -2.40. The average molecular weight is 301 g/mol. The molecule has 20 heavy (non-hydrogen) atoms. The molecule has 0 aliphatic carbocycles. The van der Waals surface area contributed by atoms with Crippen LogP contribution >= 0.6 is 12.4 Å². The molecule has 0 saturated heterocycles. The van der Waals surface area contributed by atoms with Crippen LogP contribution in [0.15, 0.2) is 18.2 Å². The second kappa shape index (κ2) is 7.36. The first kappa shape index (κ1) is 16.6. The molecular formula is C14H21ClN2O3. The van der Waals surface area contributed by atoms with Crippen molar-refractivity contribution in [3.63, 3.8) is 0 Å². The van der Waals surface area contributed by atoms with Crippen LogP contribution in [0.2, 0.25) is 0 Å². The number of halogens is 1. The number of carbonyl (C=O) groups is 1. The molecule has 1 aromatic carbocycles. The number of benzene rings is 1. The van der Waals surface area contributed by atoms with Gasteiger partial charge in [-0.3, -0.25) is 4.79 Å².